The molecule has 1 aromatic heterocycles. The number of furan rings is 1. The van der Waals surface area contributed by atoms with Crippen LogP contribution in [0.5, 0.6) is 0 Å². The van der Waals surface area contributed by atoms with E-state index in [1.807, 2.05) is 0 Å². The van der Waals surface area contributed by atoms with Gasteiger partial charge in [0.15, 0.2) is 10.9 Å². The molecule has 0 saturated carbocycles. The first-order valence-corrected chi connectivity index (χ1v) is 8.50. The quantitative estimate of drug-likeness (QED) is 0.213. The van der Waals surface area contributed by atoms with Gasteiger partial charge in [0, 0.05) is 12.1 Å². The van der Waals surface area contributed by atoms with E-state index in [0.717, 1.165) is 0 Å². The molecule has 10 nitrogen and oxygen atoms in total. The number of rotatable bonds is 9. The first-order chi connectivity index (χ1) is 13.4. The van der Waals surface area contributed by atoms with Crippen LogP contribution in [0.1, 0.15) is 29.8 Å². The van der Waals surface area contributed by atoms with E-state index in [2.05, 4.69) is 28.1 Å². The van der Waals surface area contributed by atoms with Crippen molar-refractivity contribution in [3.8, 4) is 0 Å². The Hall–Kier alpha value is -3.28. The lowest BCUT2D eigenvalue weighted by Crippen LogP contribution is -2.26. The summed E-state index contributed by atoms with van der Waals surface area (Å²) in [5, 5.41) is 26.3. The second-order valence-electron chi connectivity index (χ2n) is 5.57. The van der Waals surface area contributed by atoms with E-state index in [1.54, 1.807) is 18.2 Å². The largest absolute Gasteiger partial charge is 0.733 e. The highest BCUT2D eigenvalue weighted by Crippen LogP contribution is 2.23. The zero-order valence-electron chi connectivity index (χ0n) is 14.6. The lowest BCUT2D eigenvalue weighted by Gasteiger charge is -2.24. The van der Waals surface area contributed by atoms with Crippen LogP contribution in [0.3, 0.4) is 0 Å². The van der Waals surface area contributed by atoms with Crippen LogP contribution in [0, 0.1) is 5.21 Å². The van der Waals surface area contributed by atoms with Crippen LogP contribution < -0.4 is 21.7 Å². The summed E-state index contributed by atoms with van der Waals surface area (Å²) in [4.78, 5) is 24.4. The van der Waals surface area contributed by atoms with E-state index < -0.39 is 5.91 Å². The number of benzene rings is 1. The van der Waals surface area contributed by atoms with Crippen LogP contribution in [0.25, 0.3) is 0 Å². The molecule has 0 fully saturated rings. The minimum absolute atomic E-state index is 0.0398. The van der Waals surface area contributed by atoms with Gasteiger partial charge in [0.25, 0.3) is 0 Å². The number of nitrogens with two attached hydrogens (primary N) is 1. The van der Waals surface area contributed by atoms with Crippen molar-refractivity contribution < 1.29 is 19.2 Å². The number of hydrogen-bond acceptors (Lipinski definition) is 8. The fraction of sp³-hybridized carbons (Fsp3) is 0.176. The first-order valence-electron chi connectivity index (χ1n) is 8.09. The van der Waals surface area contributed by atoms with Gasteiger partial charge in [-0.05, 0) is 42.9 Å². The second kappa shape index (κ2) is 10.2. The number of carbonyl (C=O) groups is 2. The highest BCUT2D eigenvalue weighted by Gasteiger charge is 2.15. The summed E-state index contributed by atoms with van der Waals surface area (Å²) < 4.78 is 5.05. The Morgan fingerprint density at radius 2 is 2.00 bits per heavy atom. The van der Waals surface area contributed by atoms with Crippen molar-refractivity contribution in [2.45, 2.75) is 19.3 Å². The summed E-state index contributed by atoms with van der Waals surface area (Å²) in [7, 11) is 0. The van der Waals surface area contributed by atoms with E-state index in [-0.39, 0.29) is 52.5 Å². The third-order valence-corrected chi connectivity index (χ3v) is 3.60. The lowest BCUT2D eigenvalue weighted by molar-refractivity contribution is -0.116. The zero-order valence-corrected chi connectivity index (χ0v) is 15.4. The van der Waals surface area contributed by atoms with Crippen molar-refractivity contribution in [3.05, 3.63) is 53.6 Å². The van der Waals surface area contributed by atoms with Crippen molar-refractivity contribution in [3.63, 3.8) is 0 Å². The van der Waals surface area contributed by atoms with Crippen LogP contribution in [0.15, 0.2) is 52.2 Å². The number of nitrogens with one attached hydrogen (secondary N) is 2. The molecule has 0 saturated heterocycles. The fourth-order valence-corrected chi connectivity index (χ4v) is 2.29. The molecule has 0 atom stereocenters. The Balaban J connectivity index is 2.00. The SMILES string of the molecule is NC(=S)N/N=C(/CCC(=O)Nc1ccccc1N([O-])O)CC(=O)c1ccco1. The van der Waals surface area contributed by atoms with E-state index >= 15 is 0 Å². The molecule has 0 aliphatic rings. The Bertz CT molecular complexity index is 867. The monoisotopic (exact) mass is 404 g/mol. The molecule has 2 aromatic rings. The van der Waals surface area contributed by atoms with Gasteiger partial charge < -0.3 is 25.9 Å². The minimum Gasteiger partial charge on any atom is -0.733 e. The Morgan fingerprint density at radius 1 is 1.25 bits per heavy atom. The number of nitrogens with zero attached hydrogens (tertiary/aromatic N) is 2. The van der Waals surface area contributed by atoms with Crippen molar-refractivity contribution >= 4 is 46.1 Å². The summed E-state index contributed by atoms with van der Waals surface area (Å²) in [6, 6.07) is 9.07. The normalized spacial score (nSPS) is 11.0. The van der Waals surface area contributed by atoms with Gasteiger partial charge in [-0.3, -0.25) is 20.2 Å². The van der Waals surface area contributed by atoms with Crippen LogP contribution in [-0.2, 0) is 4.79 Å². The number of thiocarbonyl (C=S) groups is 1. The lowest BCUT2D eigenvalue weighted by atomic mass is 10.1. The molecule has 1 amide bonds. The average molecular weight is 404 g/mol. The van der Waals surface area contributed by atoms with Crippen molar-refractivity contribution in [2.24, 2.45) is 10.8 Å². The maximum absolute atomic E-state index is 12.2. The van der Waals surface area contributed by atoms with Gasteiger partial charge in [-0.25, -0.2) is 0 Å². The van der Waals surface area contributed by atoms with Gasteiger partial charge in [0.05, 0.1) is 24.1 Å². The summed E-state index contributed by atoms with van der Waals surface area (Å²) in [5.74, 6) is -0.593. The third-order valence-electron chi connectivity index (χ3n) is 3.51. The van der Waals surface area contributed by atoms with E-state index in [4.69, 9.17) is 15.4 Å². The fourth-order valence-electron chi connectivity index (χ4n) is 2.24. The second-order valence-corrected chi connectivity index (χ2v) is 6.01. The molecule has 0 bridgehead atoms. The maximum atomic E-state index is 12.2. The molecule has 0 spiro atoms. The van der Waals surface area contributed by atoms with Crippen LogP contribution in [-0.4, -0.2) is 27.7 Å². The Morgan fingerprint density at radius 3 is 2.64 bits per heavy atom. The number of hydrazone groups is 1. The predicted octanol–water partition coefficient (Wildman–Crippen LogP) is 2.15. The highest BCUT2D eigenvalue weighted by molar-refractivity contribution is 7.80. The van der Waals surface area contributed by atoms with Crippen LogP contribution >= 0.6 is 12.2 Å². The summed E-state index contributed by atoms with van der Waals surface area (Å²) in [6.07, 6.45) is 1.36. The molecule has 0 aliphatic carbocycles. The highest BCUT2D eigenvalue weighted by atomic mass is 32.1. The predicted molar refractivity (Wildman–Crippen MR) is 107 cm³/mol. The number of hydrogen-bond donors (Lipinski definition) is 4. The van der Waals surface area contributed by atoms with Gasteiger partial charge in [0.1, 0.15) is 0 Å². The smallest absolute Gasteiger partial charge is 0.224 e. The Labute approximate surface area is 165 Å². The standard InChI is InChI=1S/C17H18N5O5S/c18-17(28)21-20-11(10-14(23)15-6-3-9-27-15)7-8-16(24)19-12-4-1-2-5-13(12)22(25)26/h1-6,9,25H,7-8,10H2,(H,19,24)(H3,18,21,28)/q-1/b20-11-. The van der Waals surface area contributed by atoms with Gasteiger partial charge in [0.2, 0.25) is 11.7 Å². The molecule has 1 aromatic carbocycles. The van der Waals surface area contributed by atoms with Gasteiger partial charge in [-0.2, -0.15) is 5.10 Å². The molecule has 5 N–H and O–H groups in total. The molecule has 2 rings (SSSR count). The van der Waals surface area contributed by atoms with Crippen LogP contribution in [0.4, 0.5) is 11.4 Å². The number of Topliss-reactive ketones (excluding diaryl/α,β-unsaturated/α-hetero) is 1. The van der Waals surface area contributed by atoms with Crippen LogP contribution in [0.2, 0.25) is 0 Å². The van der Waals surface area contributed by atoms with E-state index in [0.29, 0.717) is 5.71 Å². The van der Waals surface area contributed by atoms with Crippen molar-refractivity contribution in [1.29, 1.82) is 0 Å². The first kappa shape index (κ1) is 21.0. The average Bonchev–Trinajstić information content (AvgIpc) is 3.19. The number of ketones is 1. The molecule has 1 heterocycles. The number of carbonyl (C=O) groups excluding carboxylic acids is 2. The molecular weight excluding hydrogens is 386 g/mol. The molecular formula is C17H18N5O5S-. The van der Waals surface area contributed by atoms with Gasteiger partial charge >= 0.3 is 0 Å². The molecule has 0 aliphatic heterocycles. The summed E-state index contributed by atoms with van der Waals surface area (Å²) >= 11 is 4.69. The molecule has 148 valence electrons. The van der Waals surface area contributed by atoms with Crippen molar-refractivity contribution in [1.82, 2.24) is 5.43 Å². The zero-order chi connectivity index (χ0) is 20.5. The van der Waals surface area contributed by atoms with E-state index in [9.17, 15) is 14.8 Å². The summed E-state index contributed by atoms with van der Waals surface area (Å²) in [5.41, 5.74) is 8.12. The minimum atomic E-state index is -0.442. The van der Waals surface area contributed by atoms with Gasteiger partial charge in [-0.15, -0.1) is 0 Å². The molecule has 28 heavy (non-hydrogen) atoms. The molecule has 0 unspecified atom stereocenters. The number of para-hydroxylation sites is 2. The van der Waals surface area contributed by atoms with Gasteiger partial charge in [-0.1, -0.05) is 12.1 Å². The summed E-state index contributed by atoms with van der Waals surface area (Å²) in [6.45, 7) is 0. The molecule has 11 heteroatoms. The number of amides is 1. The third kappa shape index (κ3) is 6.46. The Kier molecular flexibility index (Phi) is 7.63. The molecule has 0 radical (unpaired) electrons. The maximum Gasteiger partial charge on any atom is 0.224 e. The number of anilines is 2. The van der Waals surface area contributed by atoms with Crippen molar-refractivity contribution in [2.75, 3.05) is 10.5 Å². The van der Waals surface area contributed by atoms with E-state index in [1.165, 1.54) is 24.5 Å². The topological polar surface area (TPSA) is 156 Å².